The first-order valence-corrected chi connectivity index (χ1v) is 10.0. The Hall–Kier alpha value is -2.08. The Morgan fingerprint density at radius 1 is 1.14 bits per heavy atom. The van der Waals surface area contributed by atoms with E-state index in [1.54, 1.807) is 12.1 Å². The molecule has 1 heterocycles. The van der Waals surface area contributed by atoms with Gasteiger partial charge in [0.05, 0.1) is 18.2 Å². The fraction of sp³-hybridized carbons (Fsp3) is 0.409. The summed E-state index contributed by atoms with van der Waals surface area (Å²) < 4.78 is 11.1. The average molecular weight is 403 g/mol. The van der Waals surface area contributed by atoms with Crippen LogP contribution >= 0.6 is 11.6 Å². The van der Waals surface area contributed by atoms with Crippen LogP contribution in [0.25, 0.3) is 0 Å². The smallest absolute Gasteiger partial charge is 0.261 e. The molecule has 28 heavy (non-hydrogen) atoms. The fourth-order valence-corrected chi connectivity index (χ4v) is 3.50. The van der Waals surface area contributed by atoms with E-state index in [1.165, 1.54) is 0 Å². The van der Waals surface area contributed by atoms with E-state index in [9.17, 15) is 4.79 Å². The molecule has 150 valence electrons. The Labute approximate surface area is 171 Å². The number of halogens is 1. The quantitative estimate of drug-likeness (QED) is 0.678. The van der Waals surface area contributed by atoms with Crippen LogP contribution in [0.2, 0.25) is 5.02 Å². The first-order chi connectivity index (χ1) is 13.6. The van der Waals surface area contributed by atoms with Crippen LogP contribution in [0.1, 0.15) is 12.5 Å². The zero-order valence-corrected chi connectivity index (χ0v) is 17.0. The van der Waals surface area contributed by atoms with Gasteiger partial charge in [-0.15, -0.1) is 0 Å². The minimum absolute atomic E-state index is 0.0377. The van der Waals surface area contributed by atoms with Crippen LogP contribution in [-0.2, 0) is 16.1 Å². The summed E-state index contributed by atoms with van der Waals surface area (Å²) in [5, 5.41) is 0.506. The van der Waals surface area contributed by atoms with Gasteiger partial charge in [0.25, 0.3) is 5.91 Å². The molecule has 5 nitrogen and oxygen atoms in total. The van der Waals surface area contributed by atoms with Crippen molar-refractivity contribution < 1.29 is 14.3 Å². The van der Waals surface area contributed by atoms with Crippen molar-refractivity contribution in [3.8, 4) is 5.75 Å². The molecule has 0 bridgehead atoms. The van der Waals surface area contributed by atoms with Gasteiger partial charge in [-0.1, -0.05) is 54.1 Å². The Kier molecular flexibility index (Phi) is 7.71. The molecule has 0 N–H and O–H groups in total. The molecule has 1 fully saturated rings. The van der Waals surface area contributed by atoms with Crippen molar-refractivity contribution in [1.29, 1.82) is 0 Å². The van der Waals surface area contributed by atoms with Gasteiger partial charge in [0.15, 0.2) is 6.61 Å². The maximum absolute atomic E-state index is 13.0. The molecule has 2 aromatic rings. The predicted molar refractivity (Wildman–Crippen MR) is 111 cm³/mol. The number of morpholine rings is 1. The van der Waals surface area contributed by atoms with Crippen LogP contribution in [0.15, 0.2) is 54.6 Å². The SMILES string of the molecule is CC(CN1CCOCC1)N(Cc1ccccc1)C(=O)COc1ccccc1Cl. The summed E-state index contributed by atoms with van der Waals surface area (Å²) in [6.07, 6.45) is 0. The second kappa shape index (κ2) is 10.5. The van der Waals surface area contributed by atoms with E-state index in [4.69, 9.17) is 21.1 Å². The third kappa shape index (κ3) is 5.96. The van der Waals surface area contributed by atoms with Crippen LogP contribution in [0.4, 0.5) is 0 Å². The monoisotopic (exact) mass is 402 g/mol. The number of hydrogen-bond acceptors (Lipinski definition) is 4. The number of amides is 1. The van der Waals surface area contributed by atoms with Crippen LogP contribution in [0.3, 0.4) is 0 Å². The molecule has 1 unspecified atom stereocenters. The second-order valence-corrected chi connectivity index (χ2v) is 7.40. The summed E-state index contributed by atoms with van der Waals surface area (Å²) in [5.74, 6) is 0.475. The van der Waals surface area contributed by atoms with Crippen molar-refractivity contribution in [3.05, 3.63) is 65.2 Å². The molecule has 0 saturated carbocycles. The van der Waals surface area contributed by atoms with Gasteiger partial charge in [-0.25, -0.2) is 0 Å². The molecule has 0 radical (unpaired) electrons. The van der Waals surface area contributed by atoms with Gasteiger partial charge in [-0.05, 0) is 24.6 Å². The zero-order chi connectivity index (χ0) is 19.8. The van der Waals surface area contributed by atoms with E-state index in [-0.39, 0.29) is 18.6 Å². The number of para-hydroxylation sites is 1. The van der Waals surface area contributed by atoms with Gasteiger partial charge in [0, 0.05) is 32.2 Å². The molecule has 1 aliphatic heterocycles. The average Bonchev–Trinajstić information content (AvgIpc) is 2.72. The van der Waals surface area contributed by atoms with Gasteiger partial charge in [-0.2, -0.15) is 0 Å². The minimum Gasteiger partial charge on any atom is -0.482 e. The summed E-state index contributed by atoms with van der Waals surface area (Å²) in [6.45, 7) is 6.70. The lowest BCUT2D eigenvalue weighted by Gasteiger charge is -2.35. The van der Waals surface area contributed by atoms with Gasteiger partial charge >= 0.3 is 0 Å². The maximum Gasteiger partial charge on any atom is 0.261 e. The Balaban J connectivity index is 1.67. The van der Waals surface area contributed by atoms with Gasteiger partial charge < -0.3 is 14.4 Å². The van der Waals surface area contributed by atoms with Gasteiger partial charge in [0.1, 0.15) is 5.75 Å². The molecule has 6 heteroatoms. The summed E-state index contributed by atoms with van der Waals surface area (Å²) in [4.78, 5) is 17.3. The van der Waals surface area contributed by atoms with Crippen molar-refractivity contribution in [2.75, 3.05) is 39.5 Å². The topological polar surface area (TPSA) is 42.0 Å². The first-order valence-electron chi connectivity index (χ1n) is 9.64. The minimum atomic E-state index is -0.0514. The predicted octanol–water partition coefficient (Wildman–Crippen LogP) is 3.47. The van der Waals surface area contributed by atoms with Crippen molar-refractivity contribution in [2.24, 2.45) is 0 Å². The van der Waals surface area contributed by atoms with E-state index in [2.05, 4.69) is 11.8 Å². The van der Waals surface area contributed by atoms with E-state index < -0.39 is 0 Å². The second-order valence-electron chi connectivity index (χ2n) is 6.99. The van der Waals surface area contributed by atoms with Crippen molar-refractivity contribution in [2.45, 2.75) is 19.5 Å². The molecule has 1 saturated heterocycles. The lowest BCUT2D eigenvalue weighted by atomic mass is 10.1. The molecular formula is C22H27ClN2O3. The van der Waals surface area contributed by atoms with Crippen LogP contribution in [0.5, 0.6) is 5.75 Å². The highest BCUT2D eigenvalue weighted by molar-refractivity contribution is 6.32. The summed E-state index contributed by atoms with van der Waals surface area (Å²) >= 11 is 6.14. The van der Waals surface area contributed by atoms with Crippen LogP contribution in [0, 0.1) is 0 Å². The molecular weight excluding hydrogens is 376 g/mol. The van der Waals surface area contributed by atoms with E-state index >= 15 is 0 Å². The number of nitrogens with zero attached hydrogens (tertiary/aromatic N) is 2. The third-order valence-electron chi connectivity index (χ3n) is 4.86. The highest BCUT2D eigenvalue weighted by atomic mass is 35.5. The maximum atomic E-state index is 13.0. The number of carbonyl (C=O) groups is 1. The zero-order valence-electron chi connectivity index (χ0n) is 16.2. The molecule has 0 spiro atoms. The molecule has 1 amide bonds. The van der Waals surface area contributed by atoms with Crippen molar-refractivity contribution >= 4 is 17.5 Å². The highest BCUT2D eigenvalue weighted by Gasteiger charge is 2.24. The molecule has 2 aromatic carbocycles. The Morgan fingerprint density at radius 3 is 2.54 bits per heavy atom. The largest absolute Gasteiger partial charge is 0.482 e. The highest BCUT2D eigenvalue weighted by Crippen LogP contribution is 2.23. The molecule has 1 atom stereocenters. The van der Waals surface area contributed by atoms with E-state index in [1.807, 2.05) is 47.4 Å². The van der Waals surface area contributed by atoms with Crippen LogP contribution < -0.4 is 4.74 Å². The third-order valence-corrected chi connectivity index (χ3v) is 5.17. The van der Waals surface area contributed by atoms with Crippen LogP contribution in [-0.4, -0.2) is 61.2 Å². The summed E-state index contributed by atoms with van der Waals surface area (Å²) in [7, 11) is 0. The Morgan fingerprint density at radius 2 is 1.82 bits per heavy atom. The van der Waals surface area contributed by atoms with Gasteiger partial charge in [0.2, 0.25) is 0 Å². The molecule has 0 aliphatic carbocycles. The van der Waals surface area contributed by atoms with Gasteiger partial charge in [-0.3, -0.25) is 9.69 Å². The van der Waals surface area contributed by atoms with Crippen molar-refractivity contribution in [1.82, 2.24) is 9.80 Å². The number of carbonyl (C=O) groups excluding carboxylic acids is 1. The Bertz CT molecular complexity index is 750. The van der Waals surface area contributed by atoms with Crippen molar-refractivity contribution in [3.63, 3.8) is 0 Å². The van der Waals surface area contributed by atoms with E-state index in [0.29, 0.717) is 17.3 Å². The number of benzene rings is 2. The normalized spacial score (nSPS) is 15.8. The number of rotatable bonds is 8. The molecule has 1 aliphatic rings. The fourth-order valence-electron chi connectivity index (χ4n) is 3.31. The van der Waals surface area contributed by atoms with E-state index in [0.717, 1.165) is 38.4 Å². The summed E-state index contributed by atoms with van der Waals surface area (Å²) in [6, 6.07) is 17.3. The lowest BCUT2D eigenvalue weighted by Crippen LogP contribution is -2.49. The molecule has 0 aromatic heterocycles. The molecule has 3 rings (SSSR count). The number of hydrogen-bond donors (Lipinski definition) is 0. The standard InChI is InChI=1S/C22H27ClN2O3/c1-18(15-24-11-13-27-14-12-24)25(16-19-7-3-2-4-8-19)22(26)17-28-21-10-6-5-9-20(21)23/h2-10,18H,11-17H2,1H3. The number of ether oxygens (including phenoxy) is 2. The lowest BCUT2D eigenvalue weighted by molar-refractivity contribution is -0.136. The first kappa shape index (κ1) is 20.6. The summed E-state index contributed by atoms with van der Waals surface area (Å²) in [5.41, 5.74) is 1.10.